The van der Waals surface area contributed by atoms with Gasteiger partial charge in [0.25, 0.3) is 0 Å². The van der Waals surface area contributed by atoms with E-state index in [-0.39, 0.29) is 0 Å². The summed E-state index contributed by atoms with van der Waals surface area (Å²) in [4.78, 5) is 0. The standard InChI is InChI=1S/C6H13ClN2/c1-5(7)4-9-6(2)3-8/h6,9H,1,3-4,8H2,2H3. The van der Waals surface area contributed by atoms with Crippen LogP contribution in [-0.2, 0) is 0 Å². The van der Waals surface area contributed by atoms with Gasteiger partial charge in [-0.25, -0.2) is 0 Å². The average Bonchev–Trinajstić information content (AvgIpc) is 1.83. The van der Waals surface area contributed by atoms with Crippen molar-refractivity contribution in [3.8, 4) is 0 Å². The van der Waals surface area contributed by atoms with Gasteiger partial charge >= 0.3 is 0 Å². The van der Waals surface area contributed by atoms with E-state index in [1.165, 1.54) is 0 Å². The monoisotopic (exact) mass is 148 g/mol. The van der Waals surface area contributed by atoms with Crippen molar-refractivity contribution >= 4 is 11.6 Å². The summed E-state index contributed by atoms with van der Waals surface area (Å²) in [6.45, 7) is 6.79. The van der Waals surface area contributed by atoms with Crippen LogP contribution < -0.4 is 11.1 Å². The second-order valence-corrected chi connectivity index (χ2v) is 2.57. The molecule has 0 rings (SSSR count). The minimum absolute atomic E-state index is 0.320. The summed E-state index contributed by atoms with van der Waals surface area (Å²) >= 11 is 5.48. The molecule has 9 heavy (non-hydrogen) atoms. The average molecular weight is 149 g/mol. The number of hydrogen-bond donors (Lipinski definition) is 2. The van der Waals surface area contributed by atoms with E-state index in [4.69, 9.17) is 17.3 Å². The molecule has 3 N–H and O–H groups in total. The van der Waals surface area contributed by atoms with E-state index in [1.807, 2.05) is 6.92 Å². The molecule has 54 valence electrons. The van der Waals surface area contributed by atoms with E-state index in [2.05, 4.69) is 11.9 Å². The van der Waals surface area contributed by atoms with Crippen LogP contribution in [0.4, 0.5) is 0 Å². The van der Waals surface area contributed by atoms with Crippen LogP contribution in [0.25, 0.3) is 0 Å². The molecule has 0 aliphatic rings. The summed E-state index contributed by atoms with van der Waals surface area (Å²) in [5.74, 6) is 0. The van der Waals surface area contributed by atoms with Crippen LogP contribution in [0.5, 0.6) is 0 Å². The molecular weight excluding hydrogens is 136 g/mol. The van der Waals surface area contributed by atoms with Gasteiger partial charge in [0, 0.05) is 24.2 Å². The van der Waals surface area contributed by atoms with Gasteiger partial charge in [-0.05, 0) is 6.92 Å². The SMILES string of the molecule is C=C(Cl)CNC(C)CN. The zero-order valence-corrected chi connectivity index (χ0v) is 6.41. The van der Waals surface area contributed by atoms with Gasteiger partial charge in [0.15, 0.2) is 0 Å². The third-order valence-corrected chi connectivity index (χ3v) is 1.13. The fraction of sp³-hybridized carbons (Fsp3) is 0.667. The first-order chi connectivity index (χ1) is 4.16. The van der Waals surface area contributed by atoms with E-state index in [0.29, 0.717) is 24.2 Å². The van der Waals surface area contributed by atoms with E-state index in [0.717, 1.165) is 0 Å². The fourth-order valence-corrected chi connectivity index (χ4v) is 0.445. The van der Waals surface area contributed by atoms with E-state index in [9.17, 15) is 0 Å². The predicted molar refractivity (Wildman–Crippen MR) is 41.5 cm³/mol. The Morgan fingerprint density at radius 1 is 1.89 bits per heavy atom. The lowest BCUT2D eigenvalue weighted by Crippen LogP contribution is -2.33. The first-order valence-corrected chi connectivity index (χ1v) is 3.31. The van der Waals surface area contributed by atoms with Crippen molar-refractivity contribution in [2.24, 2.45) is 5.73 Å². The van der Waals surface area contributed by atoms with Gasteiger partial charge in [-0.15, -0.1) is 0 Å². The molecule has 1 atom stereocenters. The van der Waals surface area contributed by atoms with Gasteiger partial charge in [-0.2, -0.15) is 0 Å². The fourth-order valence-electron chi connectivity index (χ4n) is 0.368. The van der Waals surface area contributed by atoms with Crippen LogP contribution >= 0.6 is 11.6 Å². The number of halogens is 1. The van der Waals surface area contributed by atoms with Gasteiger partial charge in [-0.3, -0.25) is 0 Å². The Kier molecular flexibility index (Phi) is 4.77. The Hall–Kier alpha value is -0.0500. The lowest BCUT2D eigenvalue weighted by Gasteiger charge is -2.08. The molecule has 2 nitrogen and oxygen atoms in total. The van der Waals surface area contributed by atoms with Crippen molar-refractivity contribution in [3.63, 3.8) is 0 Å². The zero-order chi connectivity index (χ0) is 7.28. The molecule has 0 aliphatic carbocycles. The summed E-state index contributed by atoms with van der Waals surface area (Å²) in [7, 11) is 0. The first kappa shape index (κ1) is 8.95. The van der Waals surface area contributed by atoms with Crippen LogP contribution in [0.2, 0.25) is 0 Å². The van der Waals surface area contributed by atoms with E-state index < -0.39 is 0 Å². The van der Waals surface area contributed by atoms with Crippen molar-refractivity contribution in [3.05, 3.63) is 11.6 Å². The van der Waals surface area contributed by atoms with Gasteiger partial charge in [-0.1, -0.05) is 18.2 Å². The molecule has 0 radical (unpaired) electrons. The highest BCUT2D eigenvalue weighted by atomic mass is 35.5. The third kappa shape index (κ3) is 5.83. The molecule has 0 aliphatic heterocycles. The Morgan fingerprint density at radius 3 is 2.78 bits per heavy atom. The molecule has 0 aromatic heterocycles. The second kappa shape index (κ2) is 4.79. The maximum atomic E-state index is 5.48. The summed E-state index contributed by atoms with van der Waals surface area (Å²) in [6, 6.07) is 0.320. The van der Waals surface area contributed by atoms with Crippen molar-refractivity contribution < 1.29 is 0 Å². The molecular formula is C6H13ClN2. The van der Waals surface area contributed by atoms with Crippen LogP contribution in [0.15, 0.2) is 11.6 Å². The summed E-state index contributed by atoms with van der Waals surface area (Å²) in [6.07, 6.45) is 0. The Bertz CT molecular complexity index is 93.1. The molecule has 0 aromatic rings. The third-order valence-electron chi connectivity index (χ3n) is 0.996. The van der Waals surface area contributed by atoms with Crippen molar-refractivity contribution in [1.82, 2.24) is 5.32 Å². The largest absolute Gasteiger partial charge is 0.329 e. The van der Waals surface area contributed by atoms with Gasteiger partial charge in [0.1, 0.15) is 0 Å². The minimum atomic E-state index is 0.320. The van der Waals surface area contributed by atoms with Crippen molar-refractivity contribution in [2.45, 2.75) is 13.0 Å². The van der Waals surface area contributed by atoms with E-state index >= 15 is 0 Å². The molecule has 3 heteroatoms. The second-order valence-electron chi connectivity index (χ2n) is 2.03. The Morgan fingerprint density at radius 2 is 2.44 bits per heavy atom. The van der Waals surface area contributed by atoms with Gasteiger partial charge < -0.3 is 11.1 Å². The van der Waals surface area contributed by atoms with Crippen molar-refractivity contribution in [1.29, 1.82) is 0 Å². The Labute approximate surface area is 61.1 Å². The molecule has 0 bridgehead atoms. The maximum absolute atomic E-state index is 5.48. The lowest BCUT2D eigenvalue weighted by molar-refractivity contribution is 0.590. The highest BCUT2D eigenvalue weighted by Gasteiger charge is 1.95. The van der Waals surface area contributed by atoms with Crippen LogP contribution in [-0.4, -0.2) is 19.1 Å². The molecule has 0 saturated heterocycles. The predicted octanol–water partition coefficient (Wildman–Crippen LogP) is 0.676. The highest BCUT2D eigenvalue weighted by Crippen LogP contribution is 1.92. The molecule has 0 spiro atoms. The lowest BCUT2D eigenvalue weighted by atomic mass is 10.3. The Balaban J connectivity index is 3.16. The molecule has 0 saturated carbocycles. The summed E-state index contributed by atoms with van der Waals surface area (Å²) in [5, 5.41) is 3.70. The quantitative estimate of drug-likeness (QED) is 0.616. The number of hydrogen-bond acceptors (Lipinski definition) is 2. The smallest absolute Gasteiger partial charge is 0.0310 e. The maximum Gasteiger partial charge on any atom is 0.0310 e. The van der Waals surface area contributed by atoms with Gasteiger partial charge in [0.05, 0.1) is 0 Å². The van der Waals surface area contributed by atoms with Gasteiger partial charge in [0.2, 0.25) is 0 Å². The normalized spacial score (nSPS) is 13.2. The molecule has 0 aromatic carbocycles. The first-order valence-electron chi connectivity index (χ1n) is 2.93. The molecule has 0 amide bonds. The number of nitrogens with one attached hydrogen (secondary N) is 1. The number of nitrogens with two attached hydrogens (primary N) is 1. The topological polar surface area (TPSA) is 38.0 Å². The highest BCUT2D eigenvalue weighted by molar-refractivity contribution is 6.29. The molecule has 0 heterocycles. The van der Waals surface area contributed by atoms with Crippen LogP contribution in [0.1, 0.15) is 6.92 Å². The number of rotatable bonds is 4. The van der Waals surface area contributed by atoms with Crippen LogP contribution in [0, 0.1) is 0 Å². The molecule has 1 unspecified atom stereocenters. The van der Waals surface area contributed by atoms with Crippen molar-refractivity contribution in [2.75, 3.05) is 13.1 Å². The summed E-state index contributed by atoms with van der Waals surface area (Å²) in [5.41, 5.74) is 5.32. The summed E-state index contributed by atoms with van der Waals surface area (Å²) < 4.78 is 0. The van der Waals surface area contributed by atoms with Crippen LogP contribution in [0.3, 0.4) is 0 Å². The minimum Gasteiger partial charge on any atom is -0.329 e. The van der Waals surface area contributed by atoms with E-state index in [1.54, 1.807) is 0 Å². The molecule has 0 fully saturated rings. The zero-order valence-electron chi connectivity index (χ0n) is 5.65.